The Labute approximate surface area is 86.7 Å². The molecule has 1 aliphatic heterocycles. The molecule has 1 nitrogen and oxygen atoms in total. The van der Waals surface area contributed by atoms with Crippen molar-refractivity contribution in [3.8, 4) is 0 Å². The van der Waals surface area contributed by atoms with Gasteiger partial charge in [0.15, 0.2) is 0 Å². The van der Waals surface area contributed by atoms with Crippen LogP contribution >= 0.6 is 0 Å². The van der Waals surface area contributed by atoms with E-state index in [0.717, 1.165) is 18.4 Å². The Morgan fingerprint density at radius 1 is 1.07 bits per heavy atom. The molecule has 0 N–H and O–H groups in total. The molecule has 0 spiro atoms. The molecule has 1 unspecified atom stereocenters. The van der Waals surface area contributed by atoms with Crippen LogP contribution in [0, 0.1) is 11.8 Å². The Balaban J connectivity index is 1.94. The van der Waals surface area contributed by atoms with Gasteiger partial charge in [-0.25, -0.2) is 0 Å². The van der Waals surface area contributed by atoms with Crippen LogP contribution in [0.4, 0.5) is 0 Å². The standard InChI is InChI=1S/C13H19N/c1-11-8-14(9-12(11)2)10-13-6-4-3-5-7-13/h3-7,11-12H,8-10H2,1-2H3/t11-,12?/m0/s1. The van der Waals surface area contributed by atoms with Crippen LogP contribution in [0.1, 0.15) is 19.4 Å². The van der Waals surface area contributed by atoms with Gasteiger partial charge in [0.25, 0.3) is 0 Å². The second-order valence-corrected chi connectivity index (χ2v) is 4.63. The molecule has 1 aliphatic rings. The SMILES string of the molecule is CC1CN(Cc2ccccc2)C[C@@H]1C. The monoisotopic (exact) mass is 189 g/mol. The lowest BCUT2D eigenvalue weighted by atomic mass is 10.0. The predicted octanol–water partition coefficient (Wildman–Crippen LogP) is 2.77. The highest BCUT2D eigenvalue weighted by Gasteiger charge is 2.25. The van der Waals surface area contributed by atoms with Gasteiger partial charge in [-0.1, -0.05) is 44.2 Å². The normalized spacial score (nSPS) is 28.1. The Kier molecular flexibility index (Phi) is 2.87. The molecule has 2 atom stereocenters. The first kappa shape index (κ1) is 9.72. The molecule has 0 aliphatic carbocycles. The number of benzene rings is 1. The average molecular weight is 189 g/mol. The molecule has 0 aromatic heterocycles. The third-order valence-electron chi connectivity index (χ3n) is 3.31. The Morgan fingerprint density at radius 3 is 2.21 bits per heavy atom. The van der Waals surface area contributed by atoms with Crippen molar-refractivity contribution in [1.82, 2.24) is 4.90 Å². The highest BCUT2D eigenvalue weighted by Crippen LogP contribution is 2.23. The van der Waals surface area contributed by atoms with Crippen LogP contribution in [0.3, 0.4) is 0 Å². The van der Waals surface area contributed by atoms with Crippen molar-refractivity contribution < 1.29 is 0 Å². The van der Waals surface area contributed by atoms with Crippen molar-refractivity contribution in [3.05, 3.63) is 35.9 Å². The first-order valence-corrected chi connectivity index (χ1v) is 5.52. The third-order valence-corrected chi connectivity index (χ3v) is 3.31. The maximum atomic E-state index is 2.56. The smallest absolute Gasteiger partial charge is 0.0233 e. The molecule has 2 rings (SSSR count). The van der Waals surface area contributed by atoms with Crippen LogP contribution in [-0.4, -0.2) is 18.0 Å². The Bertz CT molecular complexity index is 271. The van der Waals surface area contributed by atoms with E-state index in [9.17, 15) is 0 Å². The van der Waals surface area contributed by atoms with E-state index in [1.54, 1.807) is 0 Å². The molecular formula is C13H19N. The summed E-state index contributed by atoms with van der Waals surface area (Å²) in [5, 5.41) is 0. The summed E-state index contributed by atoms with van der Waals surface area (Å²) in [4.78, 5) is 2.56. The lowest BCUT2D eigenvalue weighted by Gasteiger charge is -2.14. The van der Waals surface area contributed by atoms with E-state index in [-0.39, 0.29) is 0 Å². The quantitative estimate of drug-likeness (QED) is 0.691. The highest BCUT2D eigenvalue weighted by molar-refractivity contribution is 5.14. The largest absolute Gasteiger partial charge is 0.299 e. The van der Waals surface area contributed by atoms with Gasteiger partial charge in [0, 0.05) is 19.6 Å². The van der Waals surface area contributed by atoms with Crippen molar-refractivity contribution in [3.63, 3.8) is 0 Å². The molecule has 1 saturated heterocycles. The predicted molar refractivity (Wildman–Crippen MR) is 60.0 cm³/mol. The minimum absolute atomic E-state index is 0.860. The van der Waals surface area contributed by atoms with Gasteiger partial charge in [-0.05, 0) is 17.4 Å². The van der Waals surface area contributed by atoms with Crippen molar-refractivity contribution in [1.29, 1.82) is 0 Å². The summed E-state index contributed by atoms with van der Waals surface area (Å²) in [6, 6.07) is 10.8. The van der Waals surface area contributed by atoms with Crippen LogP contribution < -0.4 is 0 Å². The molecule has 76 valence electrons. The average Bonchev–Trinajstić information content (AvgIpc) is 2.47. The number of likely N-dealkylation sites (tertiary alicyclic amines) is 1. The molecule has 0 amide bonds. The van der Waals surface area contributed by atoms with Crippen LogP contribution in [-0.2, 0) is 6.54 Å². The summed E-state index contributed by atoms with van der Waals surface area (Å²) in [5.41, 5.74) is 1.44. The van der Waals surface area contributed by atoms with Gasteiger partial charge in [-0.2, -0.15) is 0 Å². The van der Waals surface area contributed by atoms with Gasteiger partial charge in [0.2, 0.25) is 0 Å². The number of hydrogen-bond donors (Lipinski definition) is 0. The van der Waals surface area contributed by atoms with Gasteiger partial charge in [-0.3, -0.25) is 4.90 Å². The van der Waals surface area contributed by atoms with Crippen molar-refractivity contribution in [2.24, 2.45) is 11.8 Å². The number of nitrogens with zero attached hydrogens (tertiary/aromatic N) is 1. The Morgan fingerprint density at radius 2 is 1.64 bits per heavy atom. The van der Waals surface area contributed by atoms with E-state index in [1.165, 1.54) is 18.7 Å². The van der Waals surface area contributed by atoms with Crippen LogP contribution in [0.25, 0.3) is 0 Å². The zero-order valence-corrected chi connectivity index (χ0v) is 9.11. The molecule has 0 saturated carbocycles. The fraction of sp³-hybridized carbons (Fsp3) is 0.538. The van der Waals surface area contributed by atoms with Crippen LogP contribution in [0.2, 0.25) is 0 Å². The zero-order valence-electron chi connectivity index (χ0n) is 9.11. The number of hydrogen-bond acceptors (Lipinski definition) is 1. The Hall–Kier alpha value is -0.820. The maximum Gasteiger partial charge on any atom is 0.0233 e. The van der Waals surface area contributed by atoms with Gasteiger partial charge in [-0.15, -0.1) is 0 Å². The molecule has 0 radical (unpaired) electrons. The second kappa shape index (κ2) is 4.14. The summed E-state index contributed by atoms with van der Waals surface area (Å²) in [5.74, 6) is 1.72. The topological polar surface area (TPSA) is 3.24 Å². The molecule has 1 fully saturated rings. The highest BCUT2D eigenvalue weighted by atomic mass is 15.1. The summed E-state index contributed by atoms with van der Waals surface area (Å²) in [6.45, 7) is 8.35. The van der Waals surface area contributed by atoms with Crippen molar-refractivity contribution >= 4 is 0 Å². The molecule has 1 heterocycles. The molecule has 1 aromatic carbocycles. The molecule has 0 bridgehead atoms. The lowest BCUT2D eigenvalue weighted by molar-refractivity contribution is 0.316. The lowest BCUT2D eigenvalue weighted by Crippen LogP contribution is -2.19. The van der Waals surface area contributed by atoms with E-state index in [1.807, 2.05) is 0 Å². The summed E-state index contributed by atoms with van der Waals surface area (Å²) < 4.78 is 0. The second-order valence-electron chi connectivity index (χ2n) is 4.63. The fourth-order valence-corrected chi connectivity index (χ4v) is 2.22. The first-order valence-electron chi connectivity index (χ1n) is 5.52. The summed E-state index contributed by atoms with van der Waals surface area (Å²) in [6.07, 6.45) is 0. The van der Waals surface area contributed by atoms with Gasteiger partial charge in [0.1, 0.15) is 0 Å². The minimum atomic E-state index is 0.860. The van der Waals surface area contributed by atoms with E-state index >= 15 is 0 Å². The van der Waals surface area contributed by atoms with Crippen molar-refractivity contribution in [2.75, 3.05) is 13.1 Å². The maximum absolute atomic E-state index is 2.56. The molecule has 1 aromatic rings. The zero-order chi connectivity index (χ0) is 9.97. The van der Waals surface area contributed by atoms with E-state index in [0.29, 0.717) is 0 Å². The summed E-state index contributed by atoms with van der Waals surface area (Å²) in [7, 11) is 0. The van der Waals surface area contributed by atoms with E-state index in [4.69, 9.17) is 0 Å². The van der Waals surface area contributed by atoms with Gasteiger partial charge >= 0.3 is 0 Å². The van der Waals surface area contributed by atoms with Gasteiger partial charge < -0.3 is 0 Å². The molecule has 14 heavy (non-hydrogen) atoms. The van der Waals surface area contributed by atoms with Crippen LogP contribution in [0.15, 0.2) is 30.3 Å². The minimum Gasteiger partial charge on any atom is -0.299 e. The third kappa shape index (κ3) is 2.16. The molecular weight excluding hydrogens is 170 g/mol. The van der Waals surface area contributed by atoms with Crippen LogP contribution in [0.5, 0.6) is 0 Å². The van der Waals surface area contributed by atoms with Crippen molar-refractivity contribution in [2.45, 2.75) is 20.4 Å². The van der Waals surface area contributed by atoms with E-state index < -0.39 is 0 Å². The first-order chi connectivity index (χ1) is 6.75. The molecule has 1 heteroatoms. The fourth-order valence-electron chi connectivity index (χ4n) is 2.22. The van der Waals surface area contributed by atoms with E-state index in [2.05, 4.69) is 49.1 Å². The number of rotatable bonds is 2. The summed E-state index contributed by atoms with van der Waals surface area (Å²) >= 11 is 0. The van der Waals surface area contributed by atoms with Gasteiger partial charge in [0.05, 0.1) is 0 Å².